The molecule has 0 aromatic heterocycles. The standard InChI is InChI=1S/C17H28N2O2S/c1-16(2)15-18-10-12-19(13-11-18)22(20,21)14-6-9-17-7-4-3-5-8-17/h3-5,7-8,16H,6,9-15H2,1-2H3. The van der Waals surface area contributed by atoms with Gasteiger partial charge in [-0.1, -0.05) is 44.2 Å². The molecule has 1 aromatic carbocycles. The van der Waals surface area contributed by atoms with Crippen molar-refractivity contribution in [2.24, 2.45) is 5.92 Å². The molecule has 0 saturated carbocycles. The van der Waals surface area contributed by atoms with Crippen molar-refractivity contribution < 1.29 is 8.42 Å². The summed E-state index contributed by atoms with van der Waals surface area (Å²) in [5.74, 6) is 0.889. The van der Waals surface area contributed by atoms with Crippen molar-refractivity contribution in [2.45, 2.75) is 26.7 Å². The number of hydrogen-bond acceptors (Lipinski definition) is 3. The van der Waals surface area contributed by atoms with Crippen LogP contribution in [0.5, 0.6) is 0 Å². The monoisotopic (exact) mass is 324 g/mol. The van der Waals surface area contributed by atoms with Gasteiger partial charge in [0, 0.05) is 32.7 Å². The van der Waals surface area contributed by atoms with E-state index in [0.29, 0.717) is 25.4 Å². The Morgan fingerprint density at radius 3 is 2.27 bits per heavy atom. The maximum absolute atomic E-state index is 12.4. The summed E-state index contributed by atoms with van der Waals surface area (Å²) in [7, 11) is -3.10. The largest absolute Gasteiger partial charge is 0.300 e. The molecule has 1 aliphatic rings. The second-order valence-corrected chi connectivity index (χ2v) is 8.59. The Hall–Kier alpha value is -0.910. The second kappa shape index (κ2) is 8.09. The first-order valence-corrected chi connectivity index (χ1v) is 9.82. The number of hydrogen-bond donors (Lipinski definition) is 0. The summed E-state index contributed by atoms with van der Waals surface area (Å²) in [5.41, 5.74) is 1.21. The topological polar surface area (TPSA) is 40.6 Å². The Labute approximate surface area is 135 Å². The van der Waals surface area contributed by atoms with Gasteiger partial charge in [0.2, 0.25) is 10.0 Å². The van der Waals surface area contributed by atoms with Crippen LogP contribution in [0.25, 0.3) is 0 Å². The van der Waals surface area contributed by atoms with E-state index < -0.39 is 10.0 Å². The average Bonchev–Trinajstić information content (AvgIpc) is 2.48. The molecular weight excluding hydrogens is 296 g/mol. The molecule has 1 saturated heterocycles. The van der Waals surface area contributed by atoms with E-state index in [1.54, 1.807) is 4.31 Å². The Morgan fingerprint density at radius 1 is 1.05 bits per heavy atom. The van der Waals surface area contributed by atoms with Crippen LogP contribution in [0.1, 0.15) is 25.8 Å². The van der Waals surface area contributed by atoms with Gasteiger partial charge in [-0.3, -0.25) is 0 Å². The van der Waals surface area contributed by atoms with Crippen molar-refractivity contribution in [3.05, 3.63) is 35.9 Å². The summed E-state index contributed by atoms with van der Waals surface area (Å²) in [5, 5.41) is 0. The van der Waals surface area contributed by atoms with E-state index in [1.165, 1.54) is 5.56 Å². The van der Waals surface area contributed by atoms with Crippen LogP contribution >= 0.6 is 0 Å². The summed E-state index contributed by atoms with van der Waals surface area (Å²) in [6.07, 6.45) is 1.52. The van der Waals surface area contributed by atoms with Crippen molar-refractivity contribution in [1.82, 2.24) is 9.21 Å². The molecule has 0 unspecified atom stereocenters. The van der Waals surface area contributed by atoms with Gasteiger partial charge in [-0.15, -0.1) is 0 Å². The molecule has 1 aliphatic heterocycles. The fourth-order valence-corrected chi connectivity index (χ4v) is 4.43. The van der Waals surface area contributed by atoms with E-state index in [2.05, 4.69) is 30.9 Å². The van der Waals surface area contributed by atoms with Crippen LogP contribution in [0, 0.1) is 5.92 Å². The lowest BCUT2D eigenvalue weighted by atomic mass is 10.1. The molecule has 0 aliphatic carbocycles. The number of piperazine rings is 1. The average molecular weight is 324 g/mol. The van der Waals surface area contributed by atoms with Gasteiger partial charge in [-0.05, 0) is 24.3 Å². The van der Waals surface area contributed by atoms with Crippen molar-refractivity contribution in [3.8, 4) is 0 Å². The van der Waals surface area contributed by atoms with Crippen molar-refractivity contribution in [1.29, 1.82) is 0 Å². The molecule has 1 fully saturated rings. The molecule has 0 N–H and O–H groups in total. The van der Waals surface area contributed by atoms with Crippen LogP contribution in [0.15, 0.2) is 30.3 Å². The SMILES string of the molecule is CC(C)CN1CCN(S(=O)(=O)CCCc2ccccc2)CC1. The van der Waals surface area contributed by atoms with E-state index in [4.69, 9.17) is 0 Å². The minimum atomic E-state index is -3.10. The predicted octanol–water partition coefficient (Wildman–Crippen LogP) is 2.22. The zero-order valence-electron chi connectivity index (χ0n) is 13.7. The summed E-state index contributed by atoms with van der Waals surface area (Å²) in [4.78, 5) is 2.36. The maximum Gasteiger partial charge on any atom is 0.214 e. The number of aryl methyl sites for hydroxylation is 1. The van der Waals surface area contributed by atoms with Crippen LogP contribution in [0.4, 0.5) is 0 Å². The molecule has 0 atom stereocenters. The van der Waals surface area contributed by atoms with E-state index in [1.807, 2.05) is 18.2 Å². The van der Waals surface area contributed by atoms with E-state index in [-0.39, 0.29) is 5.75 Å². The van der Waals surface area contributed by atoms with Crippen molar-refractivity contribution >= 4 is 10.0 Å². The van der Waals surface area contributed by atoms with Gasteiger partial charge in [0.15, 0.2) is 0 Å². The quantitative estimate of drug-likeness (QED) is 0.772. The minimum absolute atomic E-state index is 0.256. The summed E-state index contributed by atoms with van der Waals surface area (Å²) < 4.78 is 26.5. The molecule has 0 amide bonds. The molecule has 0 radical (unpaired) electrons. The van der Waals surface area contributed by atoms with Crippen LogP contribution in [0.2, 0.25) is 0 Å². The third-order valence-electron chi connectivity index (χ3n) is 4.06. The molecule has 0 bridgehead atoms. The highest BCUT2D eigenvalue weighted by molar-refractivity contribution is 7.89. The summed E-state index contributed by atoms with van der Waals surface area (Å²) in [6.45, 7) is 8.45. The van der Waals surface area contributed by atoms with Gasteiger partial charge in [-0.25, -0.2) is 8.42 Å². The van der Waals surface area contributed by atoms with E-state index in [9.17, 15) is 8.42 Å². The highest BCUT2D eigenvalue weighted by Gasteiger charge is 2.26. The first-order chi connectivity index (χ1) is 10.5. The Morgan fingerprint density at radius 2 is 1.68 bits per heavy atom. The van der Waals surface area contributed by atoms with Crippen LogP contribution in [-0.4, -0.2) is 56.1 Å². The smallest absolute Gasteiger partial charge is 0.214 e. The van der Waals surface area contributed by atoms with Gasteiger partial charge >= 0.3 is 0 Å². The molecule has 0 spiro atoms. The molecule has 1 aromatic rings. The fraction of sp³-hybridized carbons (Fsp3) is 0.647. The van der Waals surface area contributed by atoms with Gasteiger partial charge in [-0.2, -0.15) is 4.31 Å². The van der Waals surface area contributed by atoms with E-state index >= 15 is 0 Å². The zero-order valence-corrected chi connectivity index (χ0v) is 14.6. The van der Waals surface area contributed by atoms with Crippen molar-refractivity contribution in [3.63, 3.8) is 0 Å². The molecule has 4 nitrogen and oxygen atoms in total. The summed E-state index contributed by atoms with van der Waals surface area (Å²) in [6, 6.07) is 10.1. The molecule has 22 heavy (non-hydrogen) atoms. The van der Waals surface area contributed by atoms with Gasteiger partial charge in [0.25, 0.3) is 0 Å². The third-order valence-corrected chi connectivity index (χ3v) is 6.02. The van der Waals surface area contributed by atoms with Crippen LogP contribution in [0.3, 0.4) is 0 Å². The fourth-order valence-electron chi connectivity index (χ4n) is 2.94. The lowest BCUT2D eigenvalue weighted by Gasteiger charge is -2.34. The number of nitrogens with zero attached hydrogens (tertiary/aromatic N) is 2. The Bertz CT molecular complexity index is 535. The predicted molar refractivity (Wildman–Crippen MR) is 91.4 cm³/mol. The highest BCUT2D eigenvalue weighted by Crippen LogP contribution is 2.12. The first kappa shape index (κ1) is 17.4. The molecule has 5 heteroatoms. The Kier molecular flexibility index (Phi) is 6.41. The maximum atomic E-state index is 12.4. The minimum Gasteiger partial charge on any atom is -0.300 e. The molecule has 124 valence electrons. The number of rotatable bonds is 7. The van der Waals surface area contributed by atoms with Gasteiger partial charge in [0.05, 0.1) is 5.75 Å². The summed E-state index contributed by atoms with van der Waals surface area (Å²) >= 11 is 0. The lowest BCUT2D eigenvalue weighted by molar-refractivity contribution is 0.172. The molecular formula is C17H28N2O2S. The van der Waals surface area contributed by atoms with Crippen LogP contribution < -0.4 is 0 Å². The lowest BCUT2D eigenvalue weighted by Crippen LogP contribution is -2.49. The molecule has 1 heterocycles. The second-order valence-electron chi connectivity index (χ2n) is 6.50. The van der Waals surface area contributed by atoms with Crippen molar-refractivity contribution in [2.75, 3.05) is 38.5 Å². The normalized spacial score (nSPS) is 18.0. The molecule has 2 rings (SSSR count). The number of benzene rings is 1. The first-order valence-electron chi connectivity index (χ1n) is 8.21. The van der Waals surface area contributed by atoms with Gasteiger partial charge in [0.1, 0.15) is 0 Å². The van der Waals surface area contributed by atoms with E-state index in [0.717, 1.165) is 26.1 Å². The third kappa shape index (κ3) is 5.38. The Balaban J connectivity index is 1.77. The van der Waals surface area contributed by atoms with Gasteiger partial charge < -0.3 is 4.90 Å². The van der Waals surface area contributed by atoms with Crippen LogP contribution in [-0.2, 0) is 16.4 Å². The number of sulfonamides is 1. The zero-order chi connectivity index (χ0) is 16.0. The highest BCUT2D eigenvalue weighted by atomic mass is 32.2.